The van der Waals surface area contributed by atoms with Gasteiger partial charge in [0.15, 0.2) is 6.61 Å². The first-order valence-electron chi connectivity index (χ1n) is 10.1. The molecule has 0 unspecified atom stereocenters. The van der Waals surface area contributed by atoms with Crippen LogP contribution in [0.3, 0.4) is 0 Å². The Morgan fingerprint density at radius 2 is 1.61 bits per heavy atom. The number of amides is 2. The molecule has 31 heavy (non-hydrogen) atoms. The summed E-state index contributed by atoms with van der Waals surface area (Å²) in [4.78, 5) is 27.4. The second-order valence-corrected chi connectivity index (χ2v) is 9.54. The predicted molar refractivity (Wildman–Crippen MR) is 126 cm³/mol. The Hall–Kier alpha value is -2.24. The van der Waals surface area contributed by atoms with Gasteiger partial charge in [0.05, 0.1) is 0 Å². The summed E-state index contributed by atoms with van der Waals surface area (Å²) in [5, 5.41) is 4.22. The van der Waals surface area contributed by atoms with Crippen molar-refractivity contribution in [3.8, 4) is 5.75 Å². The van der Waals surface area contributed by atoms with Crippen molar-refractivity contribution in [2.24, 2.45) is 0 Å². The third-order valence-electron chi connectivity index (χ3n) is 4.70. The van der Waals surface area contributed by atoms with E-state index in [4.69, 9.17) is 27.9 Å². The normalized spacial score (nSPS) is 12.3. The van der Waals surface area contributed by atoms with E-state index in [9.17, 15) is 9.59 Å². The lowest BCUT2D eigenvalue weighted by Gasteiger charge is -2.31. The number of carbonyl (C=O) groups excluding carboxylic acids is 2. The standard InChI is InChI=1S/C24H30Cl2N2O3/c1-15-11-20(12-16(2)22(15)26)31-14-21(29)28(13-18-7-9-19(25)10-8-18)17(3)23(30)27-24(4,5)6/h7-12,17H,13-14H2,1-6H3,(H,27,30)/t17-/m1/s1. The molecule has 2 aromatic carbocycles. The third-order valence-corrected chi connectivity index (χ3v) is 5.55. The molecular formula is C24H30Cl2N2O3. The Balaban J connectivity index is 2.20. The van der Waals surface area contributed by atoms with E-state index < -0.39 is 11.6 Å². The zero-order valence-electron chi connectivity index (χ0n) is 18.9. The SMILES string of the molecule is Cc1cc(OCC(=O)N(Cc2ccc(Cl)cc2)[C@H](C)C(=O)NC(C)(C)C)cc(C)c1Cl. The Morgan fingerprint density at radius 1 is 1.06 bits per heavy atom. The van der Waals surface area contributed by atoms with E-state index in [1.54, 1.807) is 31.2 Å². The summed E-state index contributed by atoms with van der Waals surface area (Å²) in [6.07, 6.45) is 0. The van der Waals surface area contributed by atoms with Crippen molar-refractivity contribution in [3.63, 3.8) is 0 Å². The number of aryl methyl sites for hydroxylation is 2. The lowest BCUT2D eigenvalue weighted by Crippen LogP contribution is -2.53. The molecule has 0 aliphatic rings. The monoisotopic (exact) mass is 464 g/mol. The zero-order valence-corrected chi connectivity index (χ0v) is 20.4. The lowest BCUT2D eigenvalue weighted by molar-refractivity contribution is -0.142. The Kier molecular flexibility index (Phi) is 8.38. The Labute approximate surface area is 194 Å². The predicted octanol–water partition coefficient (Wildman–Crippen LogP) is 5.32. The highest BCUT2D eigenvalue weighted by Gasteiger charge is 2.28. The average molecular weight is 465 g/mol. The first-order valence-corrected chi connectivity index (χ1v) is 10.9. The number of nitrogens with one attached hydrogen (secondary N) is 1. The van der Waals surface area contributed by atoms with E-state index in [-0.39, 0.29) is 25.0 Å². The van der Waals surface area contributed by atoms with Crippen LogP contribution in [0.4, 0.5) is 0 Å². The van der Waals surface area contributed by atoms with E-state index in [0.29, 0.717) is 15.8 Å². The smallest absolute Gasteiger partial charge is 0.261 e. The molecule has 0 fully saturated rings. The fraction of sp³-hybridized carbons (Fsp3) is 0.417. The summed E-state index contributed by atoms with van der Waals surface area (Å²) >= 11 is 12.2. The zero-order chi connectivity index (χ0) is 23.3. The number of benzene rings is 2. The molecule has 1 N–H and O–H groups in total. The Morgan fingerprint density at radius 3 is 2.13 bits per heavy atom. The lowest BCUT2D eigenvalue weighted by atomic mass is 10.1. The number of hydrogen-bond acceptors (Lipinski definition) is 3. The molecule has 0 saturated heterocycles. The van der Waals surface area contributed by atoms with Gasteiger partial charge in [-0.25, -0.2) is 0 Å². The summed E-state index contributed by atoms with van der Waals surface area (Å²) in [6, 6.07) is 10.1. The van der Waals surface area contributed by atoms with Gasteiger partial charge in [-0.2, -0.15) is 0 Å². The highest BCUT2D eigenvalue weighted by Crippen LogP contribution is 2.26. The number of rotatable bonds is 7. The van der Waals surface area contributed by atoms with E-state index in [1.165, 1.54) is 4.90 Å². The molecule has 0 radical (unpaired) electrons. The van der Waals surface area contributed by atoms with Gasteiger partial charge in [-0.05, 0) is 82.5 Å². The van der Waals surface area contributed by atoms with Crippen molar-refractivity contribution >= 4 is 35.0 Å². The van der Waals surface area contributed by atoms with Gasteiger partial charge in [-0.3, -0.25) is 9.59 Å². The average Bonchev–Trinajstić information content (AvgIpc) is 2.67. The first kappa shape index (κ1) is 25.0. The van der Waals surface area contributed by atoms with Gasteiger partial charge in [0, 0.05) is 22.1 Å². The van der Waals surface area contributed by atoms with Gasteiger partial charge in [0.25, 0.3) is 5.91 Å². The molecule has 0 aromatic heterocycles. The quantitative estimate of drug-likeness (QED) is 0.602. The fourth-order valence-corrected chi connectivity index (χ4v) is 3.30. The molecular weight excluding hydrogens is 435 g/mol. The Bertz CT molecular complexity index is 914. The maximum atomic E-state index is 13.1. The third kappa shape index (κ3) is 7.44. The van der Waals surface area contributed by atoms with Gasteiger partial charge in [-0.15, -0.1) is 0 Å². The molecule has 7 heteroatoms. The molecule has 168 valence electrons. The molecule has 0 aliphatic heterocycles. The van der Waals surface area contributed by atoms with Crippen molar-refractivity contribution in [2.45, 2.75) is 59.7 Å². The van der Waals surface area contributed by atoms with Crippen molar-refractivity contribution in [1.82, 2.24) is 10.2 Å². The molecule has 0 aliphatic carbocycles. The molecule has 0 bridgehead atoms. The molecule has 0 heterocycles. The largest absolute Gasteiger partial charge is 0.484 e. The van der Waals surface area contributed by atoms with Crippen LogP contribution < -0.4 is 10.1 Å². The summed E-state index contributed by atoms with van der Waals surface area (Å²) in [5.41, 5.74) is 2.21. The van der Waals surface area contributed by atoms with Crippen LogP contribution in [0.2, 0.25) is 10.0 Å². The minimum absolute atomic E-state index is 0.193. The molecule has 5 nitrogen and oxygen atoms in total. The van der Waals surface area contributed by atoms with Crippen LogP contribution in [0.5, 0.6) is 5.75 Å². The second-order valence-electron chi connectivity index (χ2n) is 8.72. The van der Waals surface area contributed by atoms with Crippen LogP contribution in [0.15, 0.2) is 36.4 Å². The number of nitrogens with zero attached hydrogens (tertiary/aromatic N) is 1. The summed E-state index contributed by atoms with van der Waals surface area (Å²) < 4.78 is 5.75. The number of hydrogen-bond donors (Lipinski definition) is 1. The number of ether oxygens (including phenoxy) is 1. The van der Waals surface area contributed by atoms with Gasteiger partial charge >= 0.3 is 0 Å². The van der Waals surface area contributed by atoms with Crippen LogP contribution >= 0.6 is 23.2 Å². The van der Waals surface area contributed by atoms with Crippen molar-refractivity contribution in [3.05, 3.63) is 63.1 Å². The topological polar surface area (TPSA) is 58.6 Å². The molecule has 0 spiro atoms. The van der Waals surface area contributed by atoms with E-state index in [1.807, 2.05) is 46.8 Å². The maximum Gasteiger partial charge on any atom is 0.261 e. The van der Waals surface area contributed by atoms with Crippen LogP contribution in [-0.2, 0) is 16.1 Å². The number of halogens is 2. The highest BCUT2D eigenvalue weighted by molar-refractivity contribution is 6.32. The van der Waals surface area contributed by atoms with Crippen LogP contribution in [-0.4, -0.2) is 34.9 Å². The summed E-state index contributed by atoms with van der Waals surface area (Å²) in [5.74, 6) is 0.0377. The van der Waals surface area contributed by atoms with E-state index >= 15 is 0 Å². The van der Waals surface area contributed by atoms with Crippen molar-refractivity contribution in [1.29, 1.82) is 0 Å². The van der Waals surface area contributed by atoms with Crippen LogP contribution in [0, 0.1) is 13.8 Å². The minimum Gasteiger partial charge on any atom is -0.484 e. The van der Waals surface area contributed by atoms with Crippen LogP contribution in [0.25, 0.3) is 0 Å². The molecule has 2 amide bonds. The summed E-state index contributed by atoms with van der Waals surface area (Å²) in [6.45, 7) is 11.3. The van der Waals surface area contributed by atoms with Gasteiger partial charge in [0.2, 0.25) is 5.91 Å². The molecule has 2 aromatic rings. The highest BCUT2D eigenvalue weighted by atomic mass is 35.5. The first-order chi connectivity index (χ1) is 14.4. The maximum absolute atomic E-state index is 13.1. The minimum atomic E-state index is -0.681. The van der Waals surface area contributed by atoms with Crippen molar-refractivity contribution < 1.29 is 14.3 Å². The van der Waals surface area contributed by atoms with Gasteiger partial charge in [0.1, 0.15) is 11.8 Å². The molecule has 1 atom stereocenters. The van der Waals surface area contributed by atoms with E-state index in [0.717, 1.165) is 16.7 Å². The molecule has 2 rings (SSSR count). The molecule has 0 saturated carbocycles. The number of carbonyl (C=O) groups is 2. The second kappa shape index (κ2) is 10.4. The van der Waals surface area contributed by atoms with Crippen molar-refractivity contribution in [2.75, 3.05) is 6.61 Å². The van der Waals surface area contributed by atoms with Gasteiger partial charge < -0.3 is 15.0 Å². The summed E-state index contributed by atoms with van der Waals surface area (Å²) in [7, 11) is 0. The van der Waals surface area contributed by atoms with Crippen LogP contribution in [0.1, 0.15) is 44.4 Å². The van der Waals surface area contributed by atoms with Gasteiger partial charge in [-0.1, -0.05) is 35.3 Å². The van der Waals surface area contributed by atoms with E-state index in [2.05, 4.69) is 5.32 Å². The fourth-order valence-electron chi connectivity index (χ4n) is 3.06.